The number of cyclic esters (lactones) is 1. The minimum atomic E-state index is -1.42. The van der Waals surface area contributed by atoms with E-state index in [2.05, 4.69) is 4.74 Å². The lowest BCUT2D eigenvalue weighted by molar-refractivity contribution is -0.148. The molecule has 0 aliphatic carbocycles. The molecule has 5 heteroatoms. The lowest BCUT2D eigenvalue weighted by atomic mass is 10.1. The maximum atomic E-state index is 10.5. The van der Waals surface area contributed by atoms with Crippen molar-refractivity contribution in [1.82, 2.24) is 0 Å². The van der Waals surface area contributed by atoms with Crippen molar-refractivity contribution in [1.29, 1.82) is 0 Å². The Morgan fingerprint density at radius 2 is 2.36 bits per heavy atom. The van der Waals surface area contributed by atoms with Crippen molar-refractivity contribution in [3.8, 4) is 0 Å². The van der Waals surface area contributed by atoms with Gasteiger partial charge in [0.25, 0.3) is 0 Å². The van der Waals surface area contributed by atoms with Crippen LogP contribution >= 0.6 is 0 Å². The molecule has 2 N–H and O–H groups in total. The van der Waals surface area contributed by atoms with Crippen molar-refractivity contribution in [2.24, 2.45) is 0 Å². The molecule has 3 atom stereocenters. The van der Waals surface area contributed by atoms with Gasteiger partial charge in [0.15, 0.2) is 12.4 Å². The lowest BCUT2D eigenvalue weighted by Crippen LogP contribution is -2.35. The van der Waals surface area contributed by atoms with Gasteiger partial charge in [0.2, 0.25) is 0 Å². The first-order chi connectivity index (χ1) is 5.15. The Bertz CT molecular complexity index is 178. The van der Waals surface area contributed by atoms with Crippen molar-refractivity contribution in [3.63, 3.8) is 0 Å². The van der Waals surface area contributed by atoms with E-state index in [4.69, 9.17) is 10.2 Å². The smallest absolute Gasteiger partial charge is 0.309 e. The van der Waals surface area contributed by atoms with Gasteiger partial charge in [-0.15, -0.1) is 0 Å². The maximum absolute atomic E-state index is 10.5. The zero-order valence-electron chi connectivity index (χ0n) is 5.64. The average Bonchev–Trinajstić information content (AvgIpc) is 2.28. The topological polar surface area (TPSA) is 83.8 Å². The van der Waals surface area contributed by atoms with Crippen LogP contribution < -0.4 is 0 Å². The molecule has 1 unspecified atom stereocenters. The molecule has 0 bridgehead atoms. The molecule has 0 aromatic carbocycles. The molecule has 0 spiro atoms. The summed E-state index contributed by atoms with van der Waals surface area (Å²) in [6, 6.07) is 0. The maximum Gasteiger partial charge on any atom is 0.309 e. The third-order valence-electron chi connectivity index (χ3n) is 1.50. The van der Waals surface area contributed by atoms with Gasteiger partial charge in [-0.05, 0) is 0 Å². The first-order valence-corrected chi connectivity index (χ1v) is 3.16. The summed E-state index contributed by atoms with van der Waals surface area (Å²) in [6.07, 6.45) is -3.50. The van der Waals surface area contributed by atoms with Crippen molar-refractivity contribution < 1.29 is 24.5 Å². The molecule has 0 aromatic heterocycles. The number of aldehydes is 1. The quantitative estimate of drug-likeness (QED) is 0.368. The van der Waals surface area contributed by atoms with Gasteiger partial charge in [-0.3, -0.25) is 4.79 Å². The molecule has 0 aromatic rings. The summed E-state index contributed by atoms with van der Waals surface area (Å²) in [7, 11) is 0. The van der Waals surface area contributed by atoms with Gasteiger partial charge in [-0.2, -0.15) is 0 Å². The summed E-state index contributed by atoms with van der Waals surface area (Å²) >= 11 is 0. The number of carbonyl (C=O) groups excluding carboxylic acids is 2. The summed E-state index contributed by atoms with van der Waals surface area (Å²) in [5.41, 5.74) is 0. The van der Waals surface area contributed by atoms with Crippen LogP contribution in [0.1, 0.15) is 6.42 Å². The molecule has 1 aliphatic rings. The third kappa shape index (κ3) is 1.55. The molecular formula is C6H8O5. The third-order valence-corrected chi connectivity index (χ3v) is 1.50. The summed E-state index contributed by atoms with van der Waals surface area (Å²) in [5, 5.41) is 17.8. The van der Waals surface area contributed by atoms with E-state index in [-0.39, 0.29) is 12.7 Å². The van der Waals surface area contributed by atoms with Crippen molar-refractivity contribution in [2.45, 2.75) is 24.7 Å². The Kier molecular flexibility index (Phi) is 2.21. The number of aliphatic hydroxyl groups is 2. The van der Waals surface area contributed by atoms with Crippen molar-refractivity contribution >= 4 is 12.3 Å². The van der Waals surface area contributed by atoms with Crippen molar-refractivity contribution in [2.75, 3.05) is 0 Å². The number of carbonyl (C=O) groups is 2. The Balaban J connectivity index is 2.59. The van der Waals surface area contributed by atoms with E-state index in [0.29, 0.717) is 0 Å². The molecule has 5 nitrogen and oxygen atoms in total. The van der Waals surface area contributed by atoms with Crippen LogP contribution in [-0.4, -0.2) is 40.8 Å². The highest BCUT2D eigenvalue weighted by Crippen LogP contribution is 2.16. The van der Waals surface area contributed by atoms with Gasteiger partial charge in [0, 0.05) is 0 Å². The van der Waals surface area contributed by atoms with Crippen LogP contribution in [-0.2, 0) is 14.3 Å². The fraction of sp³-hybridized carbons (Fsp3) is 0.667. The molecule has 1 heterocycles. The summed E-state index contributed by atoms with van der Waals surface area (Å²) in [6.45, 7) is 0. The zero-order valence-corrected chi connectivity index (χ0v) is 5.64. The predicted molar refractivity (Wildman–Crippen MR) is 32.6 cm³/mol. The van der Waals surface area contributed by atoms with E-state index in [1.807, 2.05) is 0 Å². The highest BCUT2D eigenvalue weighted by atomic mass is 16.6. The second-order valence-electron chi connectivity index (χ2n) is 2.35. The van der Waals surface area contributed by atoms with Crippen LogP contribution in [0.4, 0.5) is 0 Å². The molecule has 0 saturated carbocycles. The highest BCUT2D eigenvalue weighted by molar-refractivity contribution is 5.73. The normalized spacial score (nSPS) is 33.1. The van der Waals surface area contributed by atoms with Crippen LogP contribution in [0, 0.1) is 0 Å². The van der Waals surface area contributed by atoms with Crippen LogP contribution in [0.15, 0.2) is 0 Å². The number of ether oxygens (including phenoxy) is 1. The van der Waals surface area contributed by atoms with Gasteiger partial charge >= 0.3 is 5.97 Å². The SMILES string of the molecule is O=C[C@@H](O)C1OC(=O)C[C@H]1O. The molecule has 1 fully saturated rings. The largest absolute Gasteiger partial charge is 0.456 e. The van der Waals surface area contributed by atoms with E-state index >= 15 is 0 Å². The van der Waals surface area contributed by atoms with E-state index in [1.165, 1.54) is 0 Å². The highest BCUT2D eigenvalue weighted by Gasteiger charge is 2.38. The van der Waals surface area contributed by atoms with Crippen LogP contribution in [0.5, 0.6) is 0 Å². The van der Waals surface area contributed by atoms with E-state index in [0.717, 1.165) is 0 Å². The molecule has 0 radical (unpaired) electrons. The lowest BCUT2D eigenvalue weighted by Gasteiger charge is -2.13. The van der Waals surface area contributed by atoms with Crippen molar-refractivity contribution in [3.05, 3.63) is 0 Å². The predicted octanol–water partition coefficient (Wildman–Crippen LogP) is -1.78. The Hall–Kier alpha value is -0.940. The molecule has 0 amide bonds. The Morgan fingerprint density at radius 1 is 1.73 bits per heavy atom. The molecule has 1 rings (SSSR count). The van der Waals surface area contributed by atoms with Gasteiger partial charge < -0.3 is 19.7 Å². The summed E-state index contributed by atoms with van der Waals surface area (Å²) < 4.78 is 4.46. The Morgan fingerprint density at radius 3 is 2.73 bits per heavy atom. The number of esters is 1. The summed E-state index contributed by atoms with van der Waals surface area (Å²) in [5.74, 6) is -0.594. The minimum absolute atomic E-state index is 0.157. The van der Waals surface area contributed by atoms with Gasteiger partial charge in [0.1, 0.15) is 12.2 Å². The number of rotatable bonds is 2. The first-order valence-electron chi connectivity index (χ1n) is 3.16. The van der Waals surface area contributed by atoms with Crippen LogP contribution in [0.25, 0.3) is 0 Å². The van der Waals surface area contributed by atoms with Crippen LogP contribution in [0.3, 0.4) is 0 Å². The molecule has 1 saturated heterocycles. The second-order valence-corrected chi connectivity index (χ2v) is 2.35. The fourth-order valence-corrected chi connectivity index (χ4v) is 0.940. The number of aliphatic hydroxyl groups excluding tert-OH is 2. The second kappa shape index (κ2) is 2.98. The van der Waals surface area contributed by atoms with Gasteiger partial charge in [-0.25, -0.2) is 0 Å². The van der Waals surface area contributed by atoms with E-state index in [1.54, 1.807) is 0 Å². The van der Waals surface area contributed by atoms with E-state index in [9.17, 15) is 9.59 Å². The standard InChI is InChI=1S/C6H8O5/c7-2-4(9)6-3(8)1-5(10)11-6/h2-4,6,8-9H,1H2/t3-,4-,6?/m1/s1. The monoisotopic (exact) mass is 160 g/mol. The Labute approximate surface area is 62.6 Å². The molecule has 62 valence electrons. The molecule has 1 aliphatic heterocycles. The molecule has 11 heavy (non-hydrogen) atoms. The zero-order chi connectivity index (χ0) is 8.43. The summed E-state index contributed by atoms with van der Waals surface area (Å²) in [4.78, 5) is 20.5. The van der Waals surface area contributed by atoms with Gasteiger partial charge in [0.05, 0.1) is 6.42 Å². The number of hydrogen-bond donors (Lipinski definition) is 2. The average molecular weight is 160 g/mol. The fourth-order valence-electron chi connectivity index (χ4n) is 0.940. The minimum Gasteiger partial charge on any atom is -0.456 e. The number of hydrogen-bond acceptors (Lipinski definition) is 5. The molecular weight excluding hydrogens is 152 g/mol. The van der Waals surface area contributed by atoms with E-state index < -0.39 is 24.3 Å². The van der Waals surface area contributed by atoms with Gasteiger partial charge in [-0.1, -0.05) is 0 Å². The van der Waals surface area contributed by atoms with Crippen LogP contribution in [0.2, 0.25) is 0 Å². The first kappa shape index (κ1) is 8.16.